The predicted molar refractivity (Wildman–Crippen MR) is 50.6 cm³/mol. The van der Waals surface area contributed by atoms with E-state index in [4.69, 9.17) is 0 Å². The maximum Gasteiger partial charge on any atom is 0.0151 e. The van der Waals surface area contributed by atoms with Gasteiger partial charge in [-0.25, -0.2) is 0 Å². The third-order valence-electron chi connectivity index (χ3n) is 0.844. The van der Waals surface area contributed by atoms with Crippen molar-refractivity contribution in [1.82, 2.24) is 0 Å². The Hall–Kier alpha value is 0.440. The molecule has 0 saturated carbocycles. The molecule has 0 aromatic heterocycles. The zero-order valence-electron chi connectivity index (χ0n) is 6.05. The molecule has 0 fully saturated rings. The molecule has 0 amide bonds. The minimum absolute atomic E-state index is 0.710. The molecule has 0 nitrogen and oxygen atoms in total. The zero-order valence-corrected chi connectivity index (χ0v) is 7.77. The van der Waals surface area contributed by atoms with Gasteiger partial charge >= 0.3 is 0 Å². The third kappa shape index (κ3) is 6.32. The van der Waals surface area contributed by atoms with Gasteiger partial charge < -0.3 is 0 Å². The Labute approximate surface area is 67.5 Å². The number of hydrogen-bond acceptors (Lipinski definition) is 2. The Balaban J connectivity index is 3.17. The molecule has 0 aliphatic carbocycles. The van der Waals surface area contributed by atoms with Gasteiger partial charge in [0.05, 0.1) is 0 Å². The van der Waals surface area contributed by atoms with Gasteiger partial charge in [0.25, 0.3) is 0 Å². The van der Waals surface area contributed by atoms with Gasteiger partial charge in [-0.15, -0.1) is 0 Å². The molecule has 0 spiro atoms. The maximum absolute atomic E-state index is 4.11. The Morgan fingerprint density at radius 3 is 2.56 bits per heavy atom. The van der Waals surface area contributed by atoms with Gasteiger partial charge in [-0.3, -0.25) is 0 Å². The number of thiol groups is 1. The molecular formula is C7H14S2. The van der Waals surface area contributed by atoms with Crippen LogP contribution in [0.2, 0.25) is 0 Å². The topological polar surface area (TPSA) is 0 Å². The van der Waals surface area contributed by atoms with Gasteiger partial charge in [0.15, 0.2) is 0 Å². The highest BCUT2D eigenvalue weighted by Crippen LogP contribution is 2.12. The van der Waals surface area contributed by atoms with Gasteiger partial charge in [0, 0.05) is 11.5 Å². The molecule has 0 N–H and O–H groups in total. The summed E-state index contributed by atoms with van der Waals surface area (Å²) in [5.74, 6) is 1.88. The van der Waals surface area contributed by atoms with E-state index in [1.165, 1.54) is 5.57 Å². The molecule has 0 radical (unpaired) electrons. The van der Waals surface area contributed by atoms with Crippen molar-refractivity contribution in [3.05, 3.63) is 12.2 Å². The van der Waals surface area contributed by atoms with Gasteiger partial charge in [0.1, 0.15) is 0 Å². The van der Waals surface area contributed by atoms with Crippen molar-refractivity contribution in [3.8, 4) is 0 Å². The van der Waals surface area contributed by atoms with Crippen LogP contribution < -0.4 is 0 Å². The van der Waals surface area contributed by atoms with Crippen molar-refractivity contribution in [3.63, 3.8) is 0 Å². The number of rotatable bonds is 4. The second-order valence-corrected chi connectivity index (χ2v) is 4.15. The van der Waals surface area contributed by atoms with Crippen LogP contribution in [-0.2, 0) is 0 Å². The van der Waals surface area contributed by atoms with E-state index in [1.807, 2.05) is 11.8 Å². The fourth-order valence-corrected chi connectivity index (χ4v) is 1.26. The van der Waals surface area contributed by atoms with Crippen molar-refractivity contribution in [2.75, 3.05) is 11.5 Å². The zero-order chi connectivity index (χ0) is 7.28. The molecular weight excluding hydrogens is 148 g/mol. The summed E-state index contributed by atoms with van der Waals surface area (Å²) in [6.45, 7) is 8.23. The summed E-state index contributed by atoms with van der Waals surface area (Å²) in [5, 5.41) is 0.710. The van der Waals surface area contributed by atoms with E-state index in [-0.39, 0.29) is 0 Å². The van der Waals surface area contributed by atoms with Crippen LogP contribution in [0, 0.1) is 0 Å². The first kappa shape index (κ1) is 9.44. The second-order valence-electron chi connectivity index (χ2n) is 2.27. The van der Waals surface area contributed by atoms with Crippen molar-refractivity contribution >= 4 is 24.4 Å². The highest BCUT2D eigenvalue weighted by Gasteiger charge is 1.94. The molecule has 0 aliphatic rings. The molecule has 0 atom stereocenters. The summed E-state index contributed by atoms with van der Waals surface area (Å²) in [4.78, 5) is 0. The lowest BCUT2D eigenvalue weighted by molar-refractivity contribution is 1.11. The van der Waals surface area contributed by atoms with Crippen LogP contribution in [0.5, 0.6) is 0 Å². The lowest BCUT2D eigenvalue weighted by atomic mass is 10.4. The molecule has 0 bridgehead atoms. The highest BCUT2D eigenvalue weighted by atomic mass is 32.2. The predicted octanol–water partition coefficient (Wildman–Crippen LogP) is 2.61. The van der Waals surface area contributed by atoms with Crippen molar-refractivity contribution in [2.24, 2.45) is 0 Å². The molecule has 54 valence electrons. The van der Waals surface area contributed by atoms with E-state index in [0.717, 1.165) is 11.5 Å². The molecule has 2 heteroatoms. The van der Waals surface area contributed by atoms with Crippen LogP contribution in [0.15, 0.2) is 12.2 Å². The molecule has 0 saturated heterocycles. The van der Waals surface area contributed by atoms with Gasteiger partial charge in [0.2, 0.25) is 0 Å². The van der Waals surface area contributed by atoms with Crippen molar-refractivity contribution in [2.45, 2.75) is 19.1 Å². The molecule has 0 aromatic rings. The Kier molecular flexibility index (Phi) is 5.50. The standard InChI is InChI=1S/C7H14S2/c1-6(2)9-5-7(3)4-8/h6,8H,3-5H2,1-2H3. The first-order valence-corrected chi connectivity index (χ1v) is 4.74. The van der Waals surface area contributed by atoms with Crippen LogP contribution in [0.1, 0.15) is 13.8 Å². The molecule has 0 heterocycles. The van der Waals surface area contributed by atoms with E-state index >= 15 is 0 Å². The second kappa shape index (κ2) is 5.24. The van der Waals surface area contributed by atoms with E-state index < -0.39 is 0 Å². The first-order chi connectivity index (χ1) is 4.16. The molecule has 0 rings (SSSR count). The Morgan fingerprint density at radius 1 is 1.67 bits per heavy atom. The first-order valence-electron chi connectivity index (χ1n) is 3.06. The fourth-order valence-electron chi connectivity index (χ4n) is 0.330. The lowest BCUT2D eigenvalue weighted by Crippen LogP contribution is -1.92. The molecule has 0 unspecified atom stereocenters. The summed E-state index contributed by atoms with van der Waals surface area (Å²) in [6.07, 6.45) is 0. The van der Waals surface area contributed by atoms with E-state index in [1.54, 1.807) is 0 Å². The Bertz CT molecular complexity index is 86.9. The summed E-state index contributed by atoms with van der Waals surface area (Å²) in [6, 6.07) is 0. The van der Waals surface area contributed by atoms with Gasteiger partial charge in [-0.2, -0.15) is 24.4 Å². The number of hydrogen-bond donors (Lipinski definition) is 1. The molecule has 9 heavy (non-hydrogen) atoms. The molecule has 0 aromatic carbocycles. The quantitative estimate of drug-likeness (QED) is 0.490. The van der Waals surface area contributed by atoms with E-state index in [9.17, 15) is 0 Å². The van der Waals surface area contributed by atoms with Gasteiger partial charge in [-0.05, 0) is 5.25 Å². The van der Waals surface area contributed by atoms with Crippen LogP contribution in [-0.4, -0.2) is 16.8 Å². The maximum atomic E-state index is 4.11. The SMILES string of the molecule is C=C(CS)CSC(C)C. The van der Waals surface area contributed by atoms with Crippen molar-refractivity contribution in [1.29, 1.82) is 0 Å². The number of thioether (sulfide) groups is 1. The minimum Gasteiger partial charge on any atom is -0.175 e. The van der Waals surface area contributed by atoms with Crippen LogP contribution in [0.3, 0.4) is 0 Å². The summed E-state index contributed by atoms with van der Waals surface area (Å²) >= 11 is 6.02. The average Bonchev–Trinajstić information content (AvgIpc) is 1.83. The van der Waals surface area contributed by atoms with Crippen LogP contribution in [0.25, 0.3) is 0 Å². The highest BCUT2D eigenvalue weighted by molar-refractivity contribution is 8.00. The van der Waals surface area contributed by atoms with E-state index in [0.29, 0.717) is 5.25 Å². The monoisotopic (exact) mass is 162 g/mol. The summed E-state index contributed by atoms with van der Waals surface area (Å²) in [7, 11) is 0. The largest absolute Gasteiger partial charge is 0.175 e. The lowest BCUT2D eigenvalue weighted by Gasteiger charge is -2.03. The summed E-state index contributed by atoms with van der Waals surface area (Å²) in [5.41, 5.74) is 1.22. The average molecular weight is 162 g/mol. The van der Waals surface area contributed by atoms with Crippen LogP contribution in [0.4, 0.5) is 0 Å². The van der Waals surface area contributed by atoms with Gasteiger partial charge in [-0.1, -0.05) is 26.0 Å². The third-order valence-corrected chi connectivity index (χ3v) is 2.53. The minimum atomic E-state index is 0.710. The normalized spacial score (nSPS) is 10.2. The Morgan fingerprint density at radius 2 is 2.22 bits per heavy atom. The van der Waals surface area contributed by atoms with E-state index in [2.05, 4.69) is 33.1 Å². The van der Waals surface area contributed by atoms with Crippen LogP contribution >= 0.6 is 24.4 Å². The van der Waals surface area contributed by atoms with Crippen molar-refractivity contribution < 1.29 is 0 Å². The fraction of sp³-hybridized carbons (Fsp3) is 0.714. The molecule has 0 aliphatic heterocycles. The smallest absolute Gasteiger partial charge is 0.0151 e. The summed E-state index contributed by atoms with van der Waals surface area (Å²) < 4.78 is 0.